The van der Waals surface area contributed by atoms with E-state index < -0.39 is 10.0 Å². The van der Waals surface area contributed by atoms with Gasteiger partial charge < -0.3 is 4.90 Å². The highest BCUT2D eigenvalue weighted by molar-refractivity contribution is 9.10. The fraction of sp³-hybridized carbons (Fsp3) is 0.316. The Morgan fingerprint density at radius 2 is 1.88 bits per heavy atom. The molecule has 2 aromatic rings. The third kappa shape index (κ3) is 3.70. The molecule has 0 saturated heterocycles. The molecule has 26 heavy (non-hydrogen) atoms. The van der Waals surface area contributed by atoms with Gasteiger partial charge in [0.25, 0.3) is 0 Å². The number of amides is 1. The van der Waals surface area contributed by atoms with Gasteiger partial charge in [-0.05, 0) is 55.2 Å². The maximum atomic E-state index is 12.9. The molecule has 138 valence electrons. The summed E-state index contributed by atoms with van der Waals surface area (Å²) in [6, 6.07) is 12.4. The number of likely N-dealkylation sites (N-methyl/N-ethyl adjacent to an activating group) is 1. The van der Waals surface area contributed by atoms with Crippen molar-refractivity contribution in [1.29, 1.82) is 0 Å². The van der Waals surface area contributed by atoms with Gasteiger partial charge in [0.15, 0.2) is 0 Å². The first-order valence-electron chi connectivity index (χ1n) is 8.41. The molecular weight excluding hydrogens is 416 g/mol. The first-order chi connectivity index (χ1) is 12.3. The number of carbonyl (C=O) groups excluding carboxylic acids is 1. The molecule has 0 aromatic heterocycles. The topological polar surface area (TPSA) is 57.7 Å². The highest BCUT2D eigenvalue weighted by Crippen LogP contribution is 2.30. The summed E-state index contributed by atoms with van der Waals surface area (Å²) in [4.78, 5) is 14.8. The van der Waals surface area contributed by atoms with Crippen molar-refractivity contribution in [3.63, 3.8) is 0 Å². The van der Waals surface area contributed by atoms with E-state index in [-0.39, 0.29) is 17.3 Å². The van der Waals surface area contributed by atoms with Crippen molar-refractivity contribution in [2.75, 3.05) is 25.0 Å². The van der Waals surface area contributed by atoms with E-state index in [4.69, 9.17) is 0 Å². The quantitative estimate of drug-likeness (QED) is 0.737. The number of nitrogens with zero attached hydrogens (tertiary/aromatic N) is 2. The second-order valence-electron chi connectivity index (χ2n) is 6.45. The molecule has 0 unspecified atom stereocenters. The lowest BCUT2D eigenvalue weighted by molar-refractivity contribution is -0.118. The standard InChI is InChI=1S/C19H21BrN2O3S/c1-14-5-3-6-15-7-4-12-22(19(14)15)18(23)13-21(2)26(24,25)17-10-8-16(20)9-11-17/h3,5-6,8-11H,4,7,12-13H2,1-2H3. The van der Waals surface area contributed by atoms with Crippen LogP contribution < -0.4 is 4.90 Å². The van der Waals surface area contributed by atoms with Gasteiger partial charge in [-0.1, -0.05) is 34.1 Å². The van der Waals surface area contributed by atoms with E-state index in [1.165, 1.54) is 19.2 Å². The number of hydrogen-bond acceptors (Lipinski definition) is 3. The molecule has 5 nitrogen and oxygen atoms in total. The minimum atomic E-state index is -3.71. The van der Waals surface area contributed by atoms with Gasteiger partial charge in [-0.2, -0.15) is 4.31 Å². The van der Waals surface area contributed by atoms with Crippen molar-refractivity contribution in [2.45, 2.75) is 24.7 Å². The predicted molar refractivity (Wildman–Crippen MR) is 106 cm³/mol. The van der Waals surface area contributed by atoms with E-state index in [1.807, 2.05) is 25.1 Å². The predicted octanol–water partition coefficient (Wildman–Crippen LogP) is 3.36. The Labute approximate surface area is 162 Å². The molecule has 1 amide bonds. The van der Waals surface area contributed by atoms with Gasteiger partial charge in [0.05, 0.1) is 11.4 Å². The monoisotopic (exact) mass is 436 g/mol. The second-order valence-corrected chi connectivity index (χ2v) is 9.41. The summed E-state index contributed by atoms with van der Waals surface area (Å²) in [5, 5.41) is 0. The van der Waals surface area contributed by atoms with Crippen LogP contribution in [0, 0.1) is 6.92 Å². The Hall–Kier alpha value is -1.70. The van der Waals surface area contributed by atoms with Gasteiger partial charge in [-0.15, -0.1) is 0 Å². The molecule has 1 aliphatic heterocycles. The summed E-state index contributed by atoms with van der Waals surface area (Å²) in [6.45, 7) is 2.40. The molecule has 0 N–H and O–H groups in total. The zero-order chi connectivity index (χ0) is 18.9. The van der Waals surface area contributed by atoms with Crippen molar-refractivity contribution in [1.82, 2.24) is 4.31 Å². The average molecular weight is 437 g/mol. The van der Waals surface area contributed by atoms with Gasteiger partial charge in [-0.25, -0.2) is 8.42 Å². The van der Waals surface area contributed by atoms with E-state index in [0.717, 1.165) is 38.4 Å². The number of aryl methyl sites for hydroxylation is 2. The number of para-hydroxylation sites is 1. The maximum absolute atomic E-state index is 12.9. The average Bonchev–Trinajstić information content (AvgIpc) is 2.61. The van der Waals surface area contributed by atoms with Gasteiger partial charge in [-0.3, -0.25) is 4.79 Å². The molecule has 0 atom stereocenters. The van der Waals surface area contributed by atoms with Gasteiger partial charge >= 0.3 is 0 Å². The van der Waals surface area contributed by atoms with Crippen LogP contribution in [-0.4, -0.2) is 38.8 Å². The molecule has 0 saturated carbocycles. The lowest BCUT2D eigenvalue weighted by Gasteiger charge is -2.32. The largest absolute Gasteiger partial charge is 0.311 e. The summed E-state index contributed by atoms with van der Waals surface area (Å²) in [7, 11) is -2.27. The molecule has 3 rings (SSSR count). The Balaban J connectivity index is 1.82. The van der Waals surface area contributed by atoms with Gasteiger partial charge in [0.2, 0.25) is 15.9 Å². The fourth-order valence-corrected chi connectivity index (χ4v) is 4.63. The number of carbonyl (C=O) groups is 1. The molecule has 0 aliphatic carbocycles. The Morgan fingerprint density at radius 3 is 2.58 bits per heavy atom. The van der Waals surface area contributed by atoms with E-state index in [1.54, 1.807) is 17.0 Å². The molecule has 1 aliphatic rings. The number of hydrogen-bond donors (Lipinski definition) is 0. The third-order valence-corrected chi connectivity index (χ3v) is 6.95. The lowest BCUT2D eigenvalue weighted by atomic mass is 9.98. The summed E-state index contributed by atoms with van der Waals surface area (Å²) < 4.78 is 27.3. The van der Waals surface area contributed by atoms with Crippen molar-refractivity contribution in [3.8, 4) is 0 Å². The molecule has 1 heterocycles. The molecule has 0 fully saturated rings. The summed E-state index contributed by atoms with van der Waals surface area (Å²) in [6.07, 6.45) is 1.82. The highest BCUT2D eigenvalue weighted by atomic mass is 79.9. The zero-order valence-electron chi connectivity index (χ0n) is 14.8. The molecule has 0 radical (unpaired) electrons. The number of benzene rings is 2. The van der Waals surface area contributed by atoms with Crippen molar-refractivity contribution in [2.24, 2.45) is 0 Å². The molecule has 7 heteroatoms. The van der Waals surface area contributed by atoms with E-state index in [2.05, 4.69) is 15.9 Å². The zero-order valence-corrected chi connectivity index (χ0v) is 17.2. The van der Waals surface area contributed by atoms with Gasteiger partial charge in [0.1, 0.15) is 0 Å². The smallest absolute Gasteiger partial charge is 0.243 e. The Kier molecular flexibility index (Phi) is 5.50. The molecule has 0 bridgehead atoms. The summed E-state index contributed by atoms with van der Waals surface area (Å²) in [5.74, 6) is -0.205. The van der Waals surface area contributed by atoms with Crippen LogP contribution in [0.2, 0.25) is 0 Å². The van der Waals surface area contributed by atoms with Crippen molar-refractivity contribution < 1.29 is 13.2 Å². The van der Waals surface area contributed by atoms with Crippen LogP contribution in [0.4, 0.5) is 5.69 Å². The molecular formula is C19H21BrN2O3S. The van der Waals surface area contributed by atoms with Crippen LogP contribution in [0.25, 0.3) is 0 Å². The first kappa shape index (κ1) is 19.1. The number of anilines is 1. The minimum Gasteiger partial charge on any atom is -0.311 e. The lowest BCUT2D eigenvalue weighted by Crippen LogP contribution is -2.43. The SMILES string of the molecule is Cc1cccc2c1N(C(=O)CN(C)S(=O)(=O)c1ccc(Br)cc1)CCC2. The first-order valence-corrected chi connectivity index (χ1v) is 10.6. The number of rotatable bonds is 4. The van der Waals surface area contributed by atoms with Crippen LogP contribution in [0.5, 0.6) is 0 Å². The second kappa shape index (κ2) is 7.50. The summed E-state index contributed by atoms with van der Waals surface area (Å²) in [5.41, 5.74) is 3.11. The number of fused-ring (bicyclic) bond motifs is 1. The molecule has 0 spiro atoms. The van der Waals surface area contributed by atoms with E-state index >= 15 is 0 Å². The van der Waals surface area contributed by atoms with Gasteiger partial charge in [0, 0.05) is 23.8 Å². The maximum Gasteiger partial charge on any atom is 0.243 e. The third-order valence-electron chi connectivity index (χ3n) is 4.60. The number of halogens is 1. The highest BCUT2D eigenvalue weighted by Gasteiger charge is 2.28. The van der Waals surface area contributed by atoms with Crippen LogP contribution in [0.1, 0.15) is 17.5 Å². The Bertz CT molecular complexity index is 926. The minimum absolute atomic E-state index is 0.172. The van der Waals surface area contributed by atoms with Crippen molar-refractivity contribution in [3.05, 3.63) is 58.1 Å². The van der Waals surface area contributed by atoms with Crippen molar-refractivity contribution >= 4 is 37.5 Å². The van der Waals surface area contributed by atoms with Crippen LogP contribution in [0.15, 0.2) is 51.8 Å². The molecule has 2 aromatic carbocycles. The van der Waals surface area contributed by atoms with Crippen LogP contribution in [-0.2, 0) is 21.2 Å². The number of sulfonamides is 1. The van der Waals surface area contributed by atoms with E-state index in [9.17, 15) is 13.2 Å². The van der Waals surface area contributed by atoms with Crippen LogP contribution in [0.3, 0.4) is 0 Å². The fourth-order valence-electron chi connectivity index (χ4n) is 3.24. The normalized spacial score (nSPS) is 14.4. The Morgan fingerprint density at radius 1 is 1.19 bits per heavy atom. The van der Waals surface area contributed by atoms with Crippen LogP contribution >= 0.6 is 15.9 Å². The van der Waals surface area contributed by atoms with E-state index in [0.29, 0.717) is 6.54 Å². The summed E-state index contributed by atoms with van der Waals surface area (Å²) >= 11 is 3.29.